The first-order valence-electron chi connectivity index (χ1n) is 9.71. The number of benzene rings is 2. The van der Waals surface area contributed by atoms with Gasteiger partial charge < -0.3 is 16.0 Å². The number of aromatic nitrogens is 4. The van der Waals surface area contributed by atoms with Crippen molar-refractivity contribution in [2.24, 2.45) is 7.05 Å². The average Bonchev–Trinajstić information content (AvgIpc) is 3.29. The third kappa shape index (κ3) is 3.19. The summed E-state index contributed by atoms with van der Waals surface area (Å²) in [4.78, 5) is 9.22. The smallest absolute Gasteiger partial charge is 0.229 e. The maximum Gasteiger partial charge on any atom is 0.229 e. The van der Waals surface area contributed by atoms with Crippen molar-refractivity contribution in [2.45, 2.75) is 26.9 Å². The van der Waals surface area contributed by atoms with E-state index < -0.39 is 0 Å². The molecule has 7 heteroatoms. The molecule has 0 bridgehead atoms. The van der Waals surface area contributed by atoms with Crippen molar-refractivity contribution in [3.05, 3.63) is 64.8 Å². The number of para-hydroxylation sites is 1. The first-order chi connectivity index (χ1) is 14.1. The van der Waals surface area contributed by atoms with E-state index >= 15 is 0 Å². The van der Waals surface area contributed by atoms with Gasteiger partial charge in [0, 0.05) is 37.7 Å². The van der Waals surface area contributed by atoms with Crippen LogP contribution < -0.4 is 16.0 Å². The molecule has 4 aromatic rings. The minimum Gasteiger partial charge on any atom is -0.338 e. The van der Waals surface area contributed by atoms with Crippen LogP contribution in [0.1, 0.15) is 22.3 Å². The maximum atomic E-state index is 4.69. The van der Waals surface area contributed by atoms with E-state index in [1.807, 2.05) is 13.2 Å². The van der Waals surface area contributed by atoms with Crippen LogP contribution in [0.3, 0.4) is 0 Å². The molecule has 0 fully saturated rings. The standard InChI is InChI=1S/C22H23N7/c1-13-5-4-6-14(2)19(13)26-20-18-12-24-22(27-21(18)29(3)28-20)25-17-8-7-15-10-23-11-16(15)9-17/h4-9,12,23H,10-11H2,1-3H3,(H,26,28)(H,24,25,27). The Morgan fingerprint density at radius 3 is 2.62 bits per heavy atom. The number of nitrogens with one attached hydrogen (secondary N) is 3. The Labute approximate surface area is 169 Å². The van der Waals surface area contributed by atoms with Crippen molar-refractivity contribution < 1.29 is 0 Å². The van der Waals surface area contributed by atoms with E-state index in [-0.39, 0.29) is 0 Å². The lowest BCUT2D eigenvalue weighted by molar-refractivity contribution is 0.765. The number of aryl methyl sites for hydroxylation is 3. The van der Waals surface area contributed by atoms with Gasteiger partial charge in [-0.3, -0.25) is 0 Å². The van der Waals surface area contributed by atoms with Crippen LogP contribution in [-0.4, -0.2) is 19.7 Å². The van der Waals surface area contributed by atoms with Crippen molar-refractivity contribution in [2.75, 3.05) is 10.6 Å². The third-order valence-corrected chi connectivity index (χ3v) is 5.40. The number of anilines is 4. The zero-order chi connectivity index (χ0) is 20.0. The van der Waals surface area contributed by atoms with Crippen LogP contribution in [0, 0.1) is 13.8 Å². The first-order valence-corrected chi connectivity index (χ1v) is 9.71. The summed E-state index contributed by atoms with van der Waals surface area (Å²) in [6.07, 6.45) is 1.82. The summed E-state index contributed by atoms with van der Waals surface area (Å²) >= 11 is 0. The van der Waals surface area contributed by atoms with Gasteiger partial charge >= 0.3 is 0 Å². The molecular weight excluding hydrogens is 362 g/mol. The highest BCUT2D eigenvalue weighted by Gasteiger charge is 2.15. The predicted octanol–water partition coefficient (Wildman–Crippen LogP) is 4.07. The van der Waals surface area contributed by atoms with E-state index in [1.54, 1.807) is 4.68 Å². The van der Waals surface area contributed by atoms with Gasteiger partial charge in [0.15, 0.2) is 11.5 Å². The Hall–Kier alpha value is -3.45. The molecule has 0 spiro atoms. The number of nitrogens with zero attached hydrogens (tertiary/aromatic N) is 4. The van der Waals surface area contributed by atoms with E-state index in [0.29, 0.717) is 5.95 Å². The molecule has 7 nitrogen and oxygen atoms in total. The molecule has 0 saturated carbocycles. The lowest BCUT2D eigenvalue weighted by Crippen LogP contribution is -2.00. The maximum absolute atomic E-state index is 4.69. The highest BCUT2D eigenvalue weighted by atomic mass is 15.3. The minimum atomic E-state index is 0.560. The third-order valence-electron chi connectivity index (χ3n) is 5.40. The summed E-state index contributed by atoms with van der Waals surface area (Å²) in [5.41, 5.74) is 7.85. The summed E-state index contributed by atoms with van der Waals surface area (Å²) in [5, 5.41) is 15.7. The van der Waals surface area contributed by atoms with Crippen LogP contribution in [-0.2, 0) is 20.1 Å². The van der Waals surface area contributed by atoms with E-state index in [1.165, 1.54) is 22.3 Å². The van der Waals surface area contributed by atoms with Crippen LogP contribution >= 0.6 is 0 Å². The number of rotatable bonds is 4. The Kier molecular flexibility index (Phi) is 4.17. The molecule has 2 aromatic carbocycles. The summed E-state index contributed by atoms with van der Waals surface area (Å²) in [7, 11) is 1.90. The normalized spacial score (nSPS) is 12.9. The van der Waals surface area contributed by atoms with Crippen molar-refractivity contribution in [1.29, 1.82) is 0 Å². The van der Waals surface area contributed by atoms with Gasteiger partial charge in [-0.2, -0.15) is 10.1 Å². The second kappa shape index (κ2) is 6.86. The highest BCUT2D eigenvalue weighted by molar-refractivity contribution is 5.90. The Morgan fingerprint density at radius 1 is 1.00 bits per heavy atom. The van der Waals surface area contributed by atoms with Gasteiger partial charge in [-0.15, -0.1) is 0 Å². The van der Waals surface area contributed by atoms with Gasteiger partial charge in [-0.25, -0.2) is 9.67 Å². The topological polar surface area (TPSA) is 79.7 Å². The molecule has 0 amide bonds. The number of hydrogen-bond donors (Lipinski definition) is 3. The summed E-state index contributed by atoms with van der Waals surface area (Å²) in [6.45, 7) is 6.01. The van der Waals surface area contributed by atoms with Crippen LogP contribution in [0.4, 0.5) is 23.1 Å². The van der Waals surface area contributed by atoms with Crippen LogP contribution in [0.15, 0.2) is 42.6 Å². The molecular formula is C22H23N7. The number of hydrogen-bond acceptors (Lipinski definition) is 6. The van der Waals surface area contributed by atoms with Gasteiger partial charge in [0.1, 0.15) is 0 Å². The molecule has 0 atom stereocenters. The molecule has 3 heterocycles. The molecule has 29 heavy (non-hydrogen) atoms. The van der Waals surface area contributed by atoms with Crippen molar-refractivity contribution in [3.8, 4) is 0 Å². The molecule has 1 aliphatic heterocycles. The molecule has 1 aliphatic rings. The Balaban J connectivity index is 1.46. The summed E-state index contributed by atoms with van der Waals surface area (Å²) in [5.74, 6) is 1.32. The van der Waals surface area contributed by atoms with Crippen LogP contribution in [0.25, 0.3) is 11.0 Å². The average molecular weight is 385 g/mol. The summed E-state index contributed by atoms with van der Waals surface area (Å²) < 4.78 is 1.78. The van der Waals surface area contributed by atoms with Crippen LogP contribution in [0.5, 0.6) is 0 Å². The molecule has 0 saturated heterocycles. The first kappa shape index (κ1) is 17.6. The lowest BCUT2D eigenvalue weighted by Gasteiger charge is -2.10. The fourth-order valence-electron chi connectivity index (χ4n) is 3.82. The quantitative estimate of drug-likeness (QED) is 0.491. The molecule has 0 radical (unpaired) electrons. The zero-order valence-corrected chi connectivity index (χ0v) is 16.7. The van der Waals surface area contributed by atoms with E-state index in [2.05, 4.69) is 76.3 Å². The fourth-order valence-corrected chi connectivity index (χ4v) is 3.82. The monoisotopic (exact) mass is 385 g/mol. The van der Waals surface area contributed by atoms with Gasteiger partial charge in [0.2, 0.25) is 5.95 Å². The predicted molar refractivity (Wildman–Crippen MR) is 116 cm³/mol. The largest absolute Gasteiger partial charge is 0.338 e. The Morgan fingerprint density at radius 2 is 1.79 bits per heavy atom. The summed E-state index contributed by atoms with van der Waals surface area (Å²) in [6, 6.07) is 12.6. The van der Waals surface area contributed by atoms with Gasteiger partial charge in [0.05, 0.1) is 5.39 Å². The molecule has 0 aliphatic carbocycles. The molecule has 146 valence electrons. The lowest BCUT2D eigenvalue weighted by atomic mass is 10.1. The van der Waals surface area contributed by atoms with E-state index in [9.17, 15) is 0 Å². The molecule has 3 N–H and O–H groups in total. The molecule has 2 aromatic heterocycles. The van der Waals surface area contributed by atoms with Crippen molar-refractivity contribution >= 4 is 34.2 Å². The SMILES string of the molecule is Cc1cccc(C)c1Nc1nn(C)c2nc(Nc3ccc4c(c3)CNC4)ncc12. The second-order valence-corrected chi connectivity index (χ2v) is 7.51. The van der Waals surface area contributed by atoms with E-state index in [0.717, 1.165) is 41.3 Å². The van der Waals surface area contributed by atoms with Gasteiger partial charge in [0.25, 0.3) is 0 Å². The van der Waals surface area contributed by atoms with Gasteiger partial charge in [-0.1, -0.05) is 24.3 Å². The number of fused-ring (bicyclic) bond motifs is 2. The highest BCUT2D eigenvalue weighted by Crippen LogP contribution is 2.29. The molecule has 0 unspecified atom stereocenters. The van der Waals surface area contributed by atoms with Crippen molar-refractivity contribution in [1.82, 2.24) is 25.1 Å². The van der Waals surface area contributed by atoms with Gasteiger partial charge in [-0.05, 0) is 48.2 Å². The van der Waals surface area contributed by atoms with Crippen LogP contribution in [0.2, 0.25) is 0 Å². The minimum absolute atomic E-state index is 0.560. The Bertz CT molecular complexity index is 1210. The van der Waals surface area contributed by atoms with Crippen molar-refractivity contribution in [3.63, 3.8) is 0 Å². The fraction of sp³-hybridized carbons (Fsp3) is 0.227. The second-order valence-electron chi connectivity index (χ2n) is 7.51. The molecule has 5 rings (SSSR count). The zero-order valence-electron chi connectivity index (χ0n) is 16.7. The van der Waals surface area contributed by atoms with E-state index in [4.69, 9.17) is 4.98 Å².